The van der Waals surface area contributed by atoms with Crippen molar-refractivity contribution in [2.75, 3.05) is 55.2 Å². The average molecular weight is 422 g/mol. The van der Waals surface area contributed by atoms with Crippen molar-refractivity contribution in [1.82, 2.24) is 4.90 Å². The van der Waals surface area contributed by atoms with Crippen LogP contribution in [0.15, 0.2) is 48.5 Å². The molecule has 0 aliphatic carbocycles. The van der Waals surface area contributed by atoms with E-state index in [1.54, 1.807) is 36.4 Å². The summed E-state index contributed by atoms with van der Waals surface area (Å²) in [6.45, 7) is 4.07. The molecule has 3 rings (SSSR count). The summed E-state index contributed by atoms with van der Waals surface area (Å²) in [4.78, 5) is 4.45. The van der Waals surface area contributed by atoms with Gasteiger partial charge in [0.15, 0.2) is 0 Å². The smallest absolute Gasteiger partial charge is 0.229 e. The molecule has 1 fully saturated rings. The van der Waals surface area contributed by atoms with Crippen LogP contribution in [0.2, 0.25) is 0 Å². The molecule has 3 N–H and O–H groups in total. The van der Waals surface area contributed by atoms with E-state index in [0.29, 0.717) is 18.0 Å². The number of hydrogen-bond acceptors (Lipinski definition) is 7. The van der Waals surface area contributed by atoms with Crippen LogP contribution in [-0.2, 0) is 10.0 Å². The fraction of sp³-hybridized carbons (Fsp3) is 0.400. The SMILES string of the molecule is CS(=O)(=O)Nc1ccc(OC[C@H](O)CN2CCN(c3ccc(O)cc3)CC2)cc1. The van der Waals surface area contributed by atoms with Crippen LogP contribution >= 0.6 is 0 Å². The normalized spacial score (nSPS) is 16.4. The Balaban J connectivity index is 1.40. The molecule has 158 valence electrons. The van der Waals surface area contributed by atoms with Gasteiger partial charge in [-0.1, -0.05) is 0 Å². The van der Waals surface area contributed by atoms with E-state index in [1.165, 1.54) is 0 Å². The highest BCUT2D eigenvalue weighted by atomic mass is 32.2. The molecule has 0 aromatic heterocycles. The van der Waals surface area contributed by atoms with Gasteiger partial charge in [-0.3, -0.25) is 9.62 Å². The number of phenols is 1. The summed E-state index contributed by atoms with van der Waals surface area (Å²) in [7, 11) is -3.31. The Morgan fingerprint density at radius 2 is 1.66 bits per heavy atom. The van der Waals surface area contributed by atoms with Gasteiger partial charge in [-0.25, -0.2) is 8.42 Å². The zero-order valence-corrected chi connectivity index (χ0v) is 17.2. The number of benzene rings is 2. The third-order valence-electron chi connectivity index (χ3n) is 4.66. The molecular formula is C20H27N3O5S. The highest BCUT2D eigenvalue weighted by Crippen LogP contribution is 2.20. The molecule has 2 aromatic carbocycles. The Bertz CT molecular complexity index is 879. The fourth-order valence-corrected chi connectivity index (χ4v) is 3.79. The van der Waals surface area contributed by atoms with Crippen LogP contribution in [0, 0.1) is 0 Å². The van der Waals surface area contributed by atoms with Crippen molar-refractivity contribution in [3.8, 4) is 11.5 Å². The molecule has 0 unspecified atom stereocenters. The van der Waals surface area contributed by atoms with Gasteiger partial charge < -0.3 is 19.8 Å². The van der Waals surface area contributed by atoms with Crippen molar-refractivity contribution in [2.45, 2.75) is 6.10 Å². The van der Waals surface area contributed by atoms with E-state index < -0.39 is 16.1 Å². The third-order valence-corrected chi connectivity index (χ3v) is 5.26. The maximum absolute atomic E-state index is 11.2. The van der Waals surface area contributed by atoms with E-state index in [4.69, 9.17) is 4.74 Å². The van der Waals surface area contributed by atoms with Crippen molar-refractivity contribution in [2.24, 2.45) is 0 Å². The lowest BCUT2D eigenvalue weighted by Crippen LogP contribution is -2.49. The fourth-order valence-electron chi connectivity index (χ4n) is 3.23. The maximum atomic E-state index is 11.2. The molecule has 1 aliphatic heterocycles. The van der Waals surface area contributed by atoms with Crippen molar-refractivity contribution in [3.63, 3.8) is 0 Å². The monoisotopic (exact) mass is 421 g/mol. The lowest BCUT2D eigenvalue weighted by Gasteiger charge is -2.36. The van der Waals surface area contributed by atoms with Crippen molar-refractivity contribution >= 4 is 21.4 Å². The Morgan fingerprint density at radius 3 is 2.24 bits per heavy atom. The van der Waals surface area contributed by atoms with E-state index in [9.17, 15) is 18.6 Å². The van der Waals surface area contributed by atoms with Crippen LogP contribution in [0.3, 0.4) is 0 Å². The number of sulfonamides is 1. The van der Waals surface area contributed by atoms with Gasteiger partial charge in [0.05, 0.1) is 6.26 Å². The van der Waals surface area contributed by atoms with Crippen LogP contribution in [0.4, 0.5) is 11.4 Å². The molecule has 9 heteroatoms. The van der Waals surface area contributed by atoms with Gasteiger partial charge in [-0.05, 0) is 48.5 Å². The lowest BCUT2D eigenvalue weighted by molar-refractivity contribution is 0.0663. The van der Waals surface area contributed by atoms with Gasteiger partial charge in [0, 0.05) is 44.1 Å². The van der Waals surface area contributed by atoms with Crippen LogP contribution in [0.25, 0.3) is 0 Å². The molecule has 1 atom stereocenters. The number of β-amino-alcohol motifs (C(OH)–C–C–N with tert-alkyl or cyclic N) is 1. The molecule has 0 spiro atoms. The van der Waals surface area contributed by atoms with Crippen LogP contribution in [0.5, 0.6) is 11.5 Å². The van der Waals surface area contributed by atoms with Crippen molar-refractivity contribution in [3.05, 3.63) is 48.5 Å². The van der Waals surface area contributed by atoms with Crippen LogP contribution in [0.1, 0.15) is 0 Å². The summed E-state index contributed by atoms with van der Waals surface area (Å²) in [5.74, 6) is 0.831. The number of piperazine rings is 1. The lowest BCUT2D eigenvalue weighted by atomic mass is 10.2. The summed E-state index contributed by atoms with van der Waals surface area (Å²) < 4.78 is 30.4. The number of ether oxygens (including phenoxy) is 1. The van der Waals surface area contributed by atoms with Gasteiger partial charge in [-0.15, -0.1) is 0 Å². The Hall–Kier alpha value is -2.49. The highest BCUT2D eigenvalue weighted by molar-refractivity contribution is 7.92. The van der Waals surface area contributed by atoms with E-state index in [0.717, 1.165) is 38.1 Å². The number of aliphatic hydroxyl groups excluding tert-OH is 1. The first kappa shape index (κ1) is 21.2. The standard InChI is InChI=1S/C20H27N3O5S/c1-29(26,27)21-16-2-8-20(9-3-16)28-15-19(25)14-22-10-12-23(13-11-22)17-4-6-18(24)7-5-17/h2-9,19,21,24-25H,10-15H2,1H3/t19-/m1/s1. The average Bonchev–Trinajstić information content (AvgIpc) is 2.68. The minimum absolute atomic E-state index is 0.164. The molecule has 1 heterocycles. The molecule has 8 nitrogen and oxygen atoms in total. The summed E-state index contributed by atoms with van der Waals surface area (Å²) in [6, 6.07) is 13.7. The Kier molecular flexibility index (Phi) is 6.83. The number of anilines is 2. The number of nitrogens with one attached hydrogen (secondary N) is 1. The first-order valence-electron chi connectivity index (χ1n) is 9.43. The maximum Gasteiger partial charge on any atom is 0.229 e. The largest absolute Gasteiger partial charge is 0.508 e. The first-order valence-corrected chi connectivity index (χ1v) is 11.3. The van der Waals surface area contributed by atoms with Crippen LogP contribution < -0.4 is 14.4 Å². The molecule has 0 amide bonds. The van der Waals surface area contributed by atoms with E-state index in [-0.39, 0.29) is 12.4 Å². The van der Waals surface area contributed by atoms with Gasteiger partial charge in [0.2, 0.25) is 10.0 Å². The summed E-state index contributed by atoms with van der Waals surface area (Å²) in [6.07, 6.45) is 0.474. The quantitative estimate of drug-likeness (QED) is 0.591. The molecule has 0 radical (unpaired) electrons. The first-order chi connectivity index (χ1) is 13.8. The highest BCUT2D eigenvalue weighted by Gasteiger charge is 2.19. The molecular weight excluding hydrogens is 394 g/mol. The minimum atomic E-state index is -3.31. The summed E-state index contributed by atoms with van der Waals surface area (Å²) >= 11 is 0. The second kappa shape index (κ2) is 9.34. The molecule has 0 bridgehead atoms. The van der Waals surface area contributed by atoms with Gasteiger partial charge in [0.1, 0.15) is 24.2 Å². The molecule has 29 heavy (non-hydrogen) atoms. The number of nitrogens with zero attached hydrogens (tertiary/aromatic N) is 2. The van der Waals surface area contributed by atoms with E-state index in [1.807, 2.05) is 12.1 Å². The second-order valence-corrected chi connectivity index (χ2v) is 8.92. The Labute approximate surface area is 171 Å². The number of aliphatic hydroxyl groups is 1. The number of phenolic OH excluding ortho intramolecular Hbond substituents is 1. The summed E-state index contributed by atoms with van der Waals surface area (Å²) in [5.41, 5.74) is 1.55. The van der Waals surface area contributed by atoms with Crippen molar-refractivity contribution < 1.29 is 23.4 Å². The molecule has 0 saturated carbocycles. The zero-order chi connectivity index (χ0) is 20.9. The van der Waals surface area contributed by atoms with Gasteiger partial charge in [0.25, 0.3) is 0 Å². The Morgan fingerprint density at radius 1 is 1.03 bits per heavy atom. The van der Waals surface area contributed by atoms with Gasteiger partial charge >= 0.3 is 0 Å². The van der Waals surface area contributed by atoms with Crippen molar-refractivity contribution in [1.29, 1.82) is 0 Å². The zero-order valence-electron chi connectivity index (χ0n) is 16.4. The molecule has 2 aromatic rings. The number of rotatable bonds is 8. The minimum Gasteiger partial charge on any atom is -0.508 e. The summed E-state index contributed by atoms with van der Waals surface area (Å²) in [5, 5.41) is 19.7. The molecule has 1 aliphatic rings. The topological polar surface area (TPSA) is 102 Å². The third kappa shape index (κ3) is 6.81. The van der Waals surface area contributed by atoms with E-state index in [2.05, 4.69) is 14.5 Å². The predicted octanol–water partition coefficient (Wildman–Crippen LogP) is 1.33. The van der Waals surface area contributed by atoms with Crippen LogP contribution in [-0.4, -0.2) is 75.2 Å². The van der Waals surface area contributed by atoms with Gasteiger partial charge in [-0.2, -0.15) is 0 Å². The number of hydrogen-bond donors (Lipinski definition) is 3. The predicted molar refractivity (Wildman–Crippen MR) is 113 cm³/mol. The number of aromatic hydroxyl groups is 1. The molecule has 1 saturated heterocycles. The second-order valence-electron chi connectivity index (χ2n) is 7.17. The van der Waals surface area contributed by atoms with E-state index >= 15 is 0 Å².